The van der Waals surface area contributed by atoms with Crippen molar-refractivity contribution in [2.24, 2.45) is 0 Å². The number of nitrogens with zero attached hydrogens (tertiary/aromatic N) is 5. The SMILES string of the molecule is CCn1c(=O)nc2n(CCNC(=O)n3cc(C)c(=O)[nH]c3=O)c3cc(C)c(C)cc3nc-2c1=O. The lowest BCUT2D eigenvalue weighted by molar-refractivity contribution is 0.240. The zero-order valence-electron chi connectivity index (χ0n) is 19.1. The lowest BCUT2D eigenvalue weighted by Crippen LogP contribution is -2.41. The summed E-state index contributed by atoms with van der Waals surface area (Å²) in [6, 6.07) is 3.00. The van der Waals surface area contributed by atoms with Gasteiger partial charge in [-0.2, -0.15) is 4.98 Å². The average molecular weight is 465 g/mol. The van der Waals surface area contributed by atoms with Gasteiger partial charge >= 0.3 is 17.4 Å². The van der Waals surface area contributed by atoms with Gasteiger partial charge in [0.25, 0.3) is 11.1 Å². The average Bonchev–Trinajstić information content (AvgIpc) is 2.78. The van der Waals surface area contributed by atoms with Crippen LogP contribution in [-0.4, -0.2) is 41.2 Å². The zero-order valence-corrected chi connectivity index (χ0v) is 19.1. The highest BCUT2D eigenvalue weighted by molar-refractivity contribution is 5.81. The molecule has 34 heavy (non-hydrogen) atoms. The van der Waals surface area contributed by atoms with E-state index in [1.54, 1.807) is 11.5 Å². The minimum atomic E-state index is -0.857. The normalized spacial score (nSPS) is 11.3. The minimum Gasteiger partial charge on any atom is -0.335 e. The van der Waals surface area contributed by atoms with Crippen molar-refractivity contribution < 1.29 is 4.79 Å². The second kappa shape index (κ2) is 8.54. The predicted molar refractivity (Wildman–Crippen MR) is 125 cm³/mol. The van der Waals surface area contributed by atoms with E-state index in [9.17, 15) is 24.0 Å². The Hall–Kier alpha value is -4.35. The molecule has 1 amide bonds. The summed E-state index contributed by atoms with van der Waals surface area (Å²) < 4.78 is 3.44. The number of hydrogen-bond donors (Lipinski definition) is 2. The van der Waals surface area contributed by atoms with Crippen molar-refractivity contribution in [1.29, 1.82) is 0 Å². The first-order valence-electron chi connectivity index (χ1n) is 10.7. The molecular weight excluding hydrogens is 442 g/mol. The largest absolute Gasteiger partial charge is 0.352 e. The molecule has 0 unspecified atom stereocenters. The third-order valence-corrected chi connectivity index (χ3v) is 5.73. The number of hydrogen-bond acceptors (Lipinski definition) is 7. The van der Waals surface area contributed by atoms with Gasteiger partial charge in [-0.15, -0.1) is 0 Å². The number of aromatic amines is 1. The molecule has 12 heteroatoms. The molecule has 2 aliphatic rings. The summed E-state index contributed by atoms with van der Waals surface area (Å²) in [6.45, 7) is 7.36. The second-order valence-electron chi connectivity index (χ2n) is 7.98. The van der Waals surface area contributed by atoms with Crippen LogP contribution in [0, 0.1) is 20.8 Å². The van der Waals surface area contributed by atoms with Crippen molar-refractivity contribution in [3.63, 3.8) is 0 Å². The first-order valence-corrected chi connectivity index (χ1v) is 10.7. The number of aromatic nitrogens is 6. The molecule has 3 heterocycles. The molecular formula is C22H23N7O5. The molecule has 0 aliphatic carbocycles. The summed E-state index contributed by atoms with van der Waals surface area (Å²) in [4.78, 5) is 72.0. The van der Waals surface area contributed by atoms with E-state index >= 15 is 0 Å². The Morgan fingerprint density at radius 2 is 1.71 bits per heavy atom. The first-order chi connectivity index (χ1) is 16.1. The van der Waals surface area contributed by atoms with Crippen LogP contribution in [0.15, 0.2) is 37.5 Å². The van der Waals surface area contributed by atoms with Crippen molar-refractivity contribution in [2.45, 2.75) is 40.8 Å². The van der Waals surface area contributed by atoms with E-state index < -0.39 is 28.5 Å². The quantitative estimate of drug-likeness (QED) is 0.406. The maximum absolute atomic E-state index is 12.9. The molecule has 2 aromatic rings. The van der Waals surface area contributed by atoms with Gasteiger partial charge in [0, 0.05) is 31.4 Å². The van der Waals surface area contributed by atoms with E-state index in [1.165, 1.54) is 6.92 Å². The summed E-state index contributed by atoms with van der Waals surface area (Å²) in [5, 5.41) is 2.61. The van der Waals surface area contributed by atoms with Crippen LogP contribution in [-0.2, 0) is 13.1 Å². The maximum atomic E-state index is 12.9. The van der Waals surface area contributed by atoms with Gasteiger partial charge in [-0.3, -0.25) is 19.1 Å². The van der Waals surface area contributed by atoms with E-state index in [-0.39, 0.29) is 36.7 Å². The third kappa shape index (κ3) is 3.83. The van der Waals surface area contributed by atoms with Gasteiger partial charge in [0.1, 0.15) is 0 Å². The first kappa shape index (κ1) is 22.8. The number of carbonyl (C=O) groups is 1. The number of aryl methyl sites for hydroxylation is 3. The van der Waals surface area contributed by atoms with Gasteiger partial charge in [0.15, 0.2) is 11.5 Å². The Morgan fingerprint density at radius 3 is 2.41 bits per heavy atom. The summed E-state index contributed by atoms with van der Waals surface area (Å²) in [7, 11) is 0. The van der Waals surface area contributed by atoms with Crippen LogP contribution in [0.3, 0.4) is 0 Å². The highest BCUT2D eigenvalue weighted by Gasteiger charge is 2.21. The molecule has 0 saturated carbocycles. The highest BCUT2D eigenvalue weighted by atomic mass is 16.2. The lowest BCUT2D eigenvalue weighted by Gasteiger charge is -2.19. The summed E-state index contributed by atoms with van der Waals surface area (Å²) in [5.41, 5.74) is 0.770. The zero-order chi connectivity index (χ0) is 24.7. The molecule has 0 atom stereocenters. The van der Waals surface area contributed by atoms with Crippen molar-refractivity contribution in [2.75, 3.05) is 6.54 Å². The molecule has 2 N–H and O–H groups in total. The topological polar surface area (TPSA) is 154 Å². The number of carbonyl (C=O) groups excluding carboxylic acids is 1. The van der Waals surface area contributed by atoms with Crippen LogP contribution in [0.2, 0.25) is 0 Å². The van der Waals surface area contributed by atoms with Gasteiger partial charge < -0.3 is 9.88 Å². The Balaban J connectivity index is 1.78. The summed E-state index contributed by atoms with van der Waals surface area (Å²) in [6.07, 6.45) is 1.16. The number of H-pyrrole nitrogens is 1. The summed E-state index contributed by atoms with van der Waals surface area (Å²) in [5.74, 6) is 0.113. The standard InChI is InChI=1S/C22H23N7O5/c1-5-27-19(31)16-17(25-21(27)33)28(15-9-12(3)11(2)8-14(15)24-16)7-6-23-20(32)29-10-13(4)18(30)26-22(29)34/h8-10H,5-7H2,1-4H3,(H,23,32)(H,26,30,34). The van der Waals surface area contributed by atoms with E-state index in [0.717, 1.165) is 26.5 Å². The fourth-order valence-electron chi connectivity index (χ4n) is 3.71. The van der Waals surface area contributed by atoms with Crippen LogP contribution in [0.4, 0.5) is 4.79 Å². The van der Waals surface area contributed by atoms with E-state index in [0.29, 0.717) is 11.0 Å². The lowest BCUT2D eigenvalue weighted by atomic mass is 10.1. The van der Waals surface area contributed by atoms with Gasteiger partial charge in [0.05, 0.1) is 11.0 Å². The fourth-order valence-corrected chi connectivity index (χ4v) is 3.71. The Kier molecular flexibility index (Phi) is 5.73. The molecule has 1 aromatic heterocycles. The molecule has 0 radical (unpaired) electrons. The van der Waals surface area contributed by atoms with Crippen molar-refractivity contribution >= 4 is 17.1 Å². The molecule has 1 aromatic carbocycles. The Labute approximate surface area is 191 Å². The van der Waals surface area contributed by atoms with Gasteiger partial charge in [0.2, 0.25) is 0 Å². The maximum Gasteiger partial charge on any atom is 0.352 e. The number of rotatable bonds is 4. The van der Waals surface area contributed by atoms with Crippen LogP contribution in [0.25, 0.3) is 22.6 Å². The monoisotopic (exact) mass is 465 g/mol. The van der Waals surface area contributed by atoms with Crippen LogP contribution >= 0.6 is 0 Å². The second-order valence-corrected chi connectivity index (χ2v) is 7.98. The smallest absolute Gasteiger partial charge is 0.335 e. The summed E-state index contributed by atoms with van der Waals surface area (Å²) >= 11 is 0. The van der Waals surface area contributed by atoms with Crippen LogP contribution in [0.1, 0.15) is 23.6 Å². The van der Waals surface area contributed by atoms with Gasteiger partial charge in [-0.25, -0.2) is 23.9 Å². The Bertz CT molecular complexity index is 1660. The van der Waals surface area contributed by atoms with Crippen molar-refractivity contribution in [3.05, 3.63) is 76.7 Å². The van der Waals surface area contributed by atoms with E-state index in [2.05, 4.69) is 20.3 Å². The molecule has 4 rings (SSSR count). The van der Waals surface area contributed by atoms with Crippen molar-refractivity contribution in [1.82, 2.24) is 34.0 Å². The Morgan fingerprint density at radius 1 is 1.00 bits per heavy atom. The molecule has 176 valence electrons. The molecule has 0 bridgehead atoms. The number of amides is 1. The van der Waals surface area contributed by atoms with E-state index in [4.69, 9.17) is 0 Å². The van der Waals surface area contributed by atoms with Crippen LogP contribution in [0.5, 0.6) is 0 Å². The molecule has 2 aliphatic heterocycles. The van der Waals surface area contributed by atoms with Crippen LogP contribution < -0.4 is 27.8 Å². The number of nitrogens with one attached hydrogen (secondary N) is 2. The molecule has 0 fully saturated rings. The van der Waals surface area contributed by atoms with Crippen molar-refractivity contribution in [3.8, 4) is 11.5 Å². The van der Waals surface area contributed by atoms with Gasteiger partial charge in [-0.1, -0.05) is 0 Å². The molecule has 0 saturated heterocycles. The fraction of sp³-hybridized carbons (Fsp3) is 0.318. The molecule has 12 nitrogen and oxygen atoms in total. The third-order valence-electron chi connectivity index (χ3n) is 5.73. The van der Waals surface area contributed by atoms with E-state index in [1.807, 2.05) is 26.0 Å². The molecule has 0 spiro atoms. The predicted octanol–water partition coefficient (Wildman–Crippen LogP) is 0.111. The van der Waals surface area contributed by atoms with Gasteiger partial charge in [-0.05, 0) is 51.0 Å². The number of fused-ring (bicyclic) bond motifs is 2. The number of benzene rings is 1. The minimum absolute atomic E-state index is 0.0436. The highest BCUT2D eigenvalue weighted by Crippen LogP contribution is 2.23.